The van der Waals surface area contributed by atoms with Crippen molar-refractivity contribution in [2.24, 2.45) is 5.92 Å². The Hall–Kier alpha value is -2.47. The highest BCUT2D eigenvalue weighted by Crippen LogP contribution is 2.32. The maximum absolute atomic E-state index is 13.0. The number of ether oxygens (including phenoxy) is 1. The van der Waals surface area contributed by atoms with Crippen molar-refractivity contribution in [3.8, 4) is 5.75 Å². The summed E-state index contributed by atoms with van der Waals surface area (Å²) in [6.45, 7) is 8.88. The zero-order chi connectivity index (χ0) is 20.8. The van der Waals surface area contributed by atoms with Crippen LogP contribution in [0.5, 0.6) is 5.75 Å². The Labute approximate surface area is 173 Å². The van der Waals surface area contributed by atoms with Crippen LogP contribution in [0, 0.1) is 12.8 Å². The van der Waals surface area contributed by atoms with Crippen LogP contribution in [-0.4, -0.2) is 41.0 Å². The van der Waals surface area contributed by atoms with Gasteiger partial charge in [-0.3, -0.25) is 9.69 Å². The molecule has 6 heteroatoms. The van der Waals surface area contributed by atoms with Gasteiger partial charge in [-0.05, 0) is 49.9 Å². The molecular formula is C23H32N4O2. The van der Waals surface area contributed by atoms with Crippen LogP contribution in [0.4, 0.5) is 0 Å². The molecule has 0 radical (unpaired) electrons. The summed E-state index contributed by atoms with van der Waals surface area (Å²) in [4.78, 5) is 24.5. The lowest BCUT2D eigenvalue weighted by Crippen LogP contribution is -2.38. The number of hydrogen-bond donors (Lipinski definition) is 1. The summed E-state index contributed by atoms with van der Waals surface area (Å²) in [6.07, 6.45) is 5.08. The summed E-state index contributed by atoms with van der Waals surface area (Å²) in [5, 5.41) is 3.03. The zero-order valence-corrected chi connectivity index (χ0v) is 17.9. The molecule has 1 aromatic heterocycles. The molecule has 2 heterocycles. The average Bonchev–Trinajstić information content (AvgIpc) is 2.72. The smallest absolute Gasteiger partial charge is 0.255 e. The molecule has 29 heavy (non-hydrogen) atoms. The monoisotopic (exact) mass is 396 g/mol. The fraction of sp³-hybridized carbons (Fsp3) is 0.522. The van der Waals surface area contributed by atoms with Crippen molar-refractivity contribution >= 4 is 5.91 Å². The maximum Gasteiger partial charge on any atom is 0.255 e. The maximum atomic E-state index is 13.0. The summed E-state index contributed by atoms with van der Waals surface area (Å²) in [5.74, 6) is 1.97. The van der Waals surface area contributed by atoms with E-state index in [4.69, 9.17) is 9.72 Å². The molecule has 1 atom stereocenters. The minimum atomic E-state index is -0.120. The predicted molar refractivity (Wildman–Crippen MR) is 114 cm³/mol. The molecule has 1 unspecified atom stereocenters. The third kappa shape index (κ3) is 5.54. The first kappa shape index (κ1) is 21.2. The fourth-order valence-corrected chi connectivity index (χ4v) is 3.93. The van der Waals surface area contributed by atoms with Crippen LogP contribution in [0.3, 0.4) is 0 Å². The van der Waals surface area contributed by atoms with Crippen LogP contribution < -0.4 is 10.1 Å². The largest absolute Gasteiger partial charge is 0.497 e. The Morgan fingerprint density at radius 1 is 1.28 bits per heavy atom. The standard InChI is InChI=1S/C23H32N4O2/c1-16(2)15-27-12-6-5-7-21(27)22-20(14-24-17(3)26-22)23(28)25-13-18-8-10-19(29-4)11-9-18/h8-11,14,16,21H,5-7,12-13,15H2,1-4H3,(H,25,28). The quantitative estimate of drug-likeness (QED) is 0.769. The van der Waals surface area contributed by atoms with E-state index in [0.29, 0.717) is 23.9 Å². The molecule has 1 aliphatic rings. The van der Waals surface area contributed by atoms with Crippen LogP contribution in [0.25, 0.3) is 0 Å². The van der Waals surface area contributed by atoms with E-state index in [9.17, 15) is 4.79 Å². The lowest BCUT2D eigenvalue weighted by molar-refractivity contribution is 0.0937. The highest BCUT2D eigenvalue weighted by atomic mass is 16.5. The second-order valence-electron chi connectivity index (χ2n) is 8.15. The third-order valence-electron chi connectivity index (χ3n) is 5.32. The number of nitrogens with one attached hydrogen (secondary N) is 1. The van der Waals surface area contributed by atoms with E-state index < -0.39 is 0 Å². The Bertz CT molecular complexity index is 820. The number of rotatable bonds is 7. The highest BCUT2D eigenvalue weighted by molar-refractivity contribution is 5.95. The molecule has 1 aliphatic heterocycles. The average molecular weight is 397 g/mol. The number of carbonyl (C=O) groups excluding carboxylic acids is 1. The number of carbonyl (C=O) groups is 1. The molecule has 1 fully saturated rings. The van der Waals surface area contributed by atoms with Crippen molar-refractivity contribution in [3.63, 3.8) is 0 Å². The van der Waals surface area contributed by atoms with Crippen molar-refractivity contribution < 1.29 is 9.53 Å². The van der Waals surface area contributed by atoms with Crippen molar-refractivity contribution in [1.82, 2.24) is 20.2 Å². The van der Waals surface area contributed by atoms with Gasteiger partial charge in [0.2, 0.25) is 0 Å². The van der Waals surface area contributed by atoms with Gasteiger partial charge in [-0.15, -0.1) is 0 Å². The van der Waals surface area contributed by atoms with E-state index in [-0.39, 0.29) is 11.9 Å². The van der Waals surface area contributed by atoms with Crippen molar-refractivity contribution in [2.45, 2.75) is 52.6 Å². The van der Waals surface area contributed by atoms with Gasteiger partial charge in [-0.25, -0.2) is 9.97 Å². The van der Waals surface area contributed by atoms with E-state index in [2.05, 4.69) is 29.0 Å². The number of nitrogens with zero attached hydrogens (tertiary/aromatic N) is 3. The lowest BCUT2D eigenvalue weighted by Gasteiger charge is -2.37. The fourth-order valence-electron chi connectivity index (χ4n) is 3.93. The Morgan fingerprint density at radius 2 is 2.03 bits per heavy atom. The molecule has 2 aromatic rings. The van der Waals surface area contributed by atoms with Crippen LogP contribution in [-0.2, 0) is 6.54 Å². The van der Waals surface area contributed by atoms with E-state index in [1.54, 1.807) is 13.3 Å². The van der Waals surface area contributed by atoms with E-state index in [1.807, 2.05) is 31.2 Å². The molecule has 0 saturated carbocycles. The van der Waals surface area contributed by atoms with Gasteiger partial charge in [0, 0.05) is 19.3 Å². The van der Waals surface area contributed by atoms with Gasteiger partial charge in [0.15, 0.2) is 0 Å². The first-order valence-corrected chi connectivity index (χ1v) is 10.5. The molecule has 0 bridgehead atoms. The number of aryl methyl sites for hydroxylation is 1. The number of aromatic nitrogens is 2. The summed E-state index contributed by atoms with van der Waals surface area (Å²) < 4.78 is 5.19. The summed E-state index contributed by atoms with van der Waals surface area (Å²) >= 11 is 0. The normalized spacial score (nSPS) is 17.3. The summed E-state index contributed by atoms with van der Waals surface area (Å²) in [6, 6.07) is 7.88. The second-order valence-corrected chi connectivity index (χ2v) is 8.15. The molecule has 1 saturated heterocycles. The van der Waals surface area contributed by atoms with Gasteiger partial charge in [-0.2, -0.15) is 0 Å². The van der Waals surface area contributed by atoms with Gasteiger partial charge in [0.1, 0.15) is 11.6 Å². The van der Waals surface area contributed by atoms with Gasteiger partial charge in [-0.1, -0.05) is 32.4 Å². The number of hydrogen-bond acceptors (Lipinski definition) is 5. The first-order chi connectivity index (χ1) is 14.0. The minimum Gasteiger partial charge on any atom is -0.497 e. The number of amides is 1. The van der Waals surface area contributed by atoms with Crippen molar-refractivity contribution in [3.05, 3.63) is 53.1 Å². The Kier molecular flexibility index (Phi) is 7.20. The molecule has 1 aromatic carbocycles. The molecule has 156 valence electrons. The van der Waals surface area contributed by atoms with Gasteiger partial charge in [0.05, 0.1) is 24.4 Å². The number of likely N-dealkylation sites (tertiary alicyclic amines) is 1. The SMILES string of the molecule is COc1ccc(CNC(=O)c2cnc(C)nc2C2CCCCN2CC(C)C)cc1. The van der Waals surface area contributed by atoms with Gasteiger partial charge < -0.3 is 10.1 Å². The van der Waals surface area contributed by atoms with Gasteiger partial charge >= 0.3 is 0 Å². The van der Waals surface area contributed by atoms with Gasteiger partial charge in [0.25, 0.3) is 5.91 Å². The Morgan fingerprint density at radius 3 is 2.72 bits per heavy atom. The number of piperidine rings is 1. The lowest BCUT2D eigenvalue weighted by atomic mass is 9.95. The number of benzene rings is 1. The van der Waals surface area contributed by atoms with Crippen molar-refractivity contribution in [2.75, 3.05) is 20.2 Å². The topological polar surface area (TPSA) is 67.3 Å². The van der Waals surface area contributed by atoms with E-state index in [0.717, 1.165) is 42.9 Å². The van der Waals surface area contributed by atoms with Crippen LogP contribution in [0.15, 0.2) is 30.5 Å². The molecule has 3 rings (SSSR count). The zero-order valence-electron chi connectivity index (χ0n) is 17.9. The predicted octanol–water partition coefficient (Wildman–Crippen LogP) is 3.91. The molecular weight excluding hydrogens is 364 g/mol. The highest BCUT2D eigenvalue weighted by Gasteiger charge is 2.29. The summed E-state index contributed by atoms with van der Waals surface area (Å²) in [7, 11) is 1.64. The molecule has 1 amide bonds. The van der Waals surface area contributed by atoms with Crippen LogP contribution >= 0.6 is 0 Å². The molecule has 0 aliphatic carbocycles. The number of methoxy groups -OCH3 is 1. The molecule has 6 nitrogen and oxygen atoms in total. The van der Waals surface area contributed by atoms with E-state index in [1.165, 1.54) is 6.42 Å². The second kappa shape index (κ2) is 9.83. The first-order valence-electron chi connectivity index (χ1n) is 10.5. The molecule has 0 spiro atoms. The van der Waals surface area contributed by atoms with Crippen LogP contribution in [0.1, 0.15) is 66.6 Å². The molecule has 1 N–H and O–H groups in total. The van der Waals surface area contributed by atoms with E-state index >= 15 is 0 Å². The van der Waals surface area contributed by atoms with Crippen molar-refractivity contribution in [1.29, 1.82) is 0 Å². The third-order valence-corrected chi connectivity index (χ3v) is 5.32. The Balaban J connectivity index is 1.78. The van der Waals surface area contributed by atoms with Crippen LogP contribution in [0.2, 0.25) is 0 Å². The summed E-state index contributed by atoms with van der Waals surface area (Å²) in [5.41, 5.74) is 2.47. The minimum absolute atomic E-state index is 0.120.